The van der Waals surface area contributed by atoms with Crippen LogP contribution >= 0.6 is 11.6 Å². The lowest BCUT2D eigenvalue weighted by Gasteiger charge is -2.07. The van der Waals surface area contributed by atoms with Crippen LogP contribution < -0.4 is 10.1 Å². The van der Waals surface area contributed by atoms with Crippen LogP contribution in [-0.4, -0.2) is 12.0 Å². The molecule has 2 rings (SSSR count). The van der Waals surface area contributed by atoms with Gasteiger partial charge in [-0.2, -0.15) is 0 Å². The number of hydrogen-bond donors (Lipinski definition) is 1. The van der Waals surface area contributed by atoms with Crippen LogP contribution in [0.5, 0.6) is 5.75 Å². The number of hydrogen-bond acceptors (Lipinski definition) is 4. The lowest BCUT2D eigenvalue weighted by molar-refractivity contribution is -0.384. The zero-order chi connectivity index (χ0) is 14.5. The maximum absolute atomic E-state index is 10.8. The first-order valence-corrected chi connectivity index (χ1v) is 6.28. The van der Waals surface area contributed by atoms with Crippen LogP contribution in [0.25, 0.3) is 0 Å². The first kappa shape index (κ1) is 14.1. The van der Waals surface area contributed by atoms with Gasteiger partial charge in [-0.1, -0.05) is 17.7 Å². The topological polar surface area (TPSA) is 64.4 Å². The van der Waals surface area contributed by atoms with Gasteiger partial charge in [-0.15, -0.1) is 0 Å². The molecule has 0 aromatic heterocycles. The molecular weight excluding hydrogens is 280 g/mol. The van der Waals surface area contributed by atoms with Gasteiger partial charge < -0.3 is 10.1 Å². The summed E-state index contributed by atoms with van der Waals surface area (Å²) in [6.07, 6.45) is 0. The molecule has 104 valence electrons. The van der Waals surface area contributed by atoms with E-state index in [1.165, 1.54) is 12.1 Å². The fourth-order valence-electron chi connectivity index (χ4n) is 1.72. The number of ether oxygens (including phenoxy) is 1. The Morgan fingerprint density at radius 1 is 1.25 bits per heavy atom. The smallest absolute Gasteiger partial charge is 0.288 e. The molecule has 0 amide bonds. The third-order valence-corrected chi connectivity index (χ3v) is 3.11. The number of nitrogens with zero attached hydrogens (tertiary/aromatic N) is 1. The number of methoxy groups -OCH3 is 1. The van der Waals surface area contributed by atoms with Crippen LogP contribution in [0.15, 0.2) is 42.5 Å². The number of nitro groups is 1. The molecule has 2 aromatic rings. The van der Waals surface area contributed by atoms with E-state index in [0.717, 1.165) is 17.0 Å². The van der Waals surface area contributed by atoms with Crippen molar-refractivity contribution >= 4 is 23.0 Å². The fourth-order valence-corrected chi connectivity index (χ4v) is 1.91. The van der Waals surface area contributed by atoms with Crippen molar-refractivity contribution in [1.82, 2.24) is 0 Å². The Morgan fingerprint density at radius 2 is 1.95 bits per heavy atom. The summed E-state index contributed by atoms with van der Waals surface area (Å²) in [7, 11) is 1.61. The molecule has 2 aromatic carbocycles. The van der Waals surface area contributed by atoms with E-state index >= 15 is 0 Å². The molecular formula is C14H13ClN2O3. The van der Waals surface area contributed by atoms with Crippen molar-refractivity contribution in [3.05, 3.63) is 63.2 Å². The average Bonchev–Trinajstić information content (AvgIpc) is 2.46. The molecule has 0 aliphatic heterocycles. The second kappa shape index (κ2) is 6.25. The number of rotatable bonds is 5. The Morgan fingerprint density at radius 3 is 2.55 bits per heavy atom. The Hall–Kier alpha value is -2.27. The number of nitrogens with one attached hydrogen (secondary N) is 1. The van der Waals surface area contributed by atoms with Gasteiger partial charge in [-0.05, 0) is 35.9 Å². The second-order valence-corrected chi connectivity index (χ2v) is 4.53. The summed E-state index contributed by atoms with van der Waals surface area (Å²) in [6, 6.07) is 12.2. The standard InChI is InChI=1S/C14H13ClN2O3/c1-20-12-5-3-11(4-6-12)16-9-10-2-7-13(15)14(8-10)17(18)19/h2-8,16H,9H2,1H3. The van der Waals surface area contributed by atoms with Gasteiger partial charge in [0.2, 0.25) is 0 Å². The SMILES string of the molecule is COc1ccc(NCc2ccc(Cl)c([N+](=O)[O-])c2)cc1. The third-order valence-electron chi connectivity index (χ3n) is 2.79. The van der Waals surface area contributed by atoms with Gasteiger partial charge in [0.1, 0.15) is 10.8 Å². The van der Waals surface area contributed by atoms with Gasteiger partial charge in [0, 0.05) is 18.3 Å². The van der Waals surface area contributed by atoms with Gasteiger partial charge in [0.25, 0.3) is 5.69 Å². The number of halogens is 1. The Bertz CT molecular complexity index is 614. The Kier molecular flexibility index (Phi) is 4.42. The van der Waals surface area contributed by atoms with Gasteiger partial charge in [-0.25, -0.2) is 0 Å². The predicted octanol–water partition coefficient (Wildman–Crippen LogP) is 3.87. The molecule has 0 unspecified atom stereocenters. The summed E-state index contributed by atoms with van der Waals surface area (Å²) in [5.41, 5.74) is 1.61. The normalized spacial score (nSPS) is 10.1. The quantitative estimate of drug-likeness (QED) is 0.671. The van der Waals surface area contributed by atoms with Crippen LogP contribution in [0.1, 0.15) is 5.56 Å². The van der Waals surface area contributed by atoms with E-state index in [-0.39, 0.29) is 10.7 Å². The van der Waals surface area contributed by atoms with Crippen molar-refractivity contribution < 1.29 is 9.66 Å². The molecule has 20 heavy (non-hydrogen) atoms. The largest absolute Gasteiger partial charge is 0.497 e. The molecule has 0 radical (unpaired) electrons. The molecule has 0 atom stereocenters. The van der Waals surface area contributed by atoms with Crippen molar-refractivity contribution in [2.45, 2.75) is 6.54 Å². The number of anilines is 1. The van der Waals surface area contributed by atoms with Crippen LogP contribution in [0.3, 0.4) is 0 Å². The molecule has 0 heterocycles. The van der Waals surface area contributed by atoms with Crippen molar-refractivity contribution in [2.24, 2.45) is 0 Å². The minimum atomic E-state index is -0.487. The Labute approximate surface area is 121 Å². The minimum absolute atomic E-state index is 0.0827. The number of nitro benzene ring substituents is 1. The fraction of sp³-hybridized carbons (Fsp3) is 0.143. The predicted molar refractivity (Wildman–Crippen MR) is 78.4 cm³/mol. The molecule has 0 spiro atoms. The van der Waals surface area contributed by atoms with Crippen molar-refractivity contribution in [3.8, 4) is 5.75 Å². The summed E-state index contributed by atoms with van der Waals surface area (Å²) in [5.74, 6) is 0.776. The van der Waals surface area contributed by atoms with Crippen LogP contribution in [-0.2, 0) is 6.54 Å². The highest BCUT2D eigenvalue weighted by Gasteiger charge is 2.12. The van der Waals surface area contributed by atoms with E-state index in [4.69, 9.17) is 16.3 Å². The van der Waals surface area contributed by atoms with Crippen molar-refractivity contribution in [2.75, 3.05) is 12.4 Å². The van der Waals surface area contributed by atoms with Gasteiger partial charge in [0.15, 0.2) is 0 Å². The third kappa shape index (κ3) is 3.39. The zero-order valence-electron chi connectivity index (χ0n) is 10.8. The second-order valence-electron chi connectivity index (χ2n) is 4.12. The van der Waals surface area contributed by atoms with E-state index in [1.54, 1.807) is 13.2 Å². The highest BCUT2D eigenvalue weighted by molar-refractivity contribution is 6.32. The highest BCUT2D eigenvalue weighted by atomic mass is 35.5. The monoisotopic (exact) mass is 292 g/mol. The molecule has 0 aliphatic rings. The molecule has 0 aliphatic carbocycles. The van der Waals surface area contributed by atoms with Crippen molar-refractivity contribution in [3.63, 3.8) is 0 Å². The molecule has 0 saturated heterocycles. The molecule has 6 heteroatoms. The molecule has 0 fully saturated rings. The van der Waals surface area contributed by atoms with Crippen LogP contribution in [0.4, 0.5) is 11.4 Å². The lowest BCUT2D eigenvalue weighted by Crippen LogP contribution is -2.00. The Balaban J connectivity index is 2.06. The summed E-state index contributed by atoms with van der Waals surface area (Å²) < 4.78 is 5.07. The van der Waals surface area contributed by atoms with Crippen molar-refractivity contribution in [1.29, 1.82) is 0 Å². The van der Waals surface area contributed by atoms with Gasteiger partial charge in [-0.3, -0.25) is 10.1 Å². The highest BCUT2D eigenvalue weighted by Crippen LogP contribution is 2.25. The first-order chi connectivity index (χ1) is 9.60. The average molecular weight is 293 g/mol. The number of benzene rings is 2. The maximum Gasteiger partial charge on any atom is 0.288 e. The molecule has 0 saturated carbocycles. The lowest BCUT2D eigenvalue weighted by atomic mass is 10.2. The summed E-state index contributed by atoms with van der Waals surface area (Å²) >= 11 is 5.77. The van der Waals surface area contributed by atoms with Crippen LogP contribution in [0.2, 0.25) is 5.02 Å². The zero-order valence-corrected chi connectivity index (χ0v) is 11.6. The summed E-state index contributed by atoms with van der Waals surface area (Å²) in [4.78, 5) is 10.3. The van der Waals surface area contributed by atoms with E-state index in [0.29, 0.717) is 6.54 Å². The molecule has 1 N–H and O–H groups in total. The van der Waals surface area contributed by atoms with Gasteiger partial charge >= 0.3 is 0 Å². The molecule has 5 nitrogen and oxygen atoms in total. The van der Waals surface area contributed by atoms with E-state index < -0.39 is 4.92 Å². The minimum Gasteiger partial charge on any atom is -0.497 e. The maximum atomic E-state index is 10.8. The molecule has 0 bridgehead atoms. The summed E-state index contributed by atoms with van der Waals surface area (Å²) in [6.45, 7) is 0.477. The van der Waals surface area contributed by atoms with Crippen LogP contribution in [0, 0.1) is 10.1 Å². The van der Waals surface area contributed by atoms with Gasteiger partial charge in [0.05, 0.1) is 12.0 Å². The summed E-state index contributed by atoms with van der Waals surface area (Å²) in [5, 5.41) is 14.1. The first-order valence-electron chi connectivity index (χ1n) is 5.91. The van der Waals surface area contributed by atoms with E-state index in [2.05, 4.69) is 5.32 Å². The van der Waals surface area contributed by atoms with E-state index in [9.17, 15) is 10.1 Å². The van der Waals surface area contributed by atoms with E-state index in [1.807, 2.05) is 24.3 Å².